The lowest BCUT2D eigenvalue weighted by Crippen LogP contribution is -2.42. The van der Waals surface area contributed by atoms with Crippen LogP contribution in [-0.2, 0) is 19.1 Å². The van der Waals surface area contributed by atoms with Crippen LogP contribution in [0.5, 0.6) is 0 Å². The van der Waals surface area contributed by atoms with Crippen LogP contribution in [0.15, 0.2) is 29.2 Å². The average molecular weight is 391 g/mol. The summed E-state index contributed by atoms with van der Waals surface area (Å²) in [7, 11) is 0. The number of esters is 1. The SMILES string of the molecule is CSc1cccc(N2C[C@@H](C(=O)OCC(=O)NC(=O)NC3CC3)CC2=O)c1. The molecule has 0 unspecified atom stereocenters. The molecule has 2 N–H and O–H groups in total. The van der Waals surface area contributed by atoms with Crippen LogP contribution in [0.1, 0.15) is 19.3 Å². The van der Waals surface area contributed by atoms with E-state index in [9.17, 15) is 19.2 Å². The van der Waals surface area contributed by atoms with Crippen LogP contribution in [0.3, 0.4) is 0 Å². The molecule has 0 bridgehead atoms. The molecule has 4 amide bonds. The molecule has 1 heterocycles. The van der Waals surface area contributed by atoms with Gasteiger partial charge in [-0.05, 0) is 37.3 Å². The highest BCUT2D eigenvalue weighted by atomic mass is 32.2. The van der Waals surface area contributed by atoms with Crippen LogP contribution >= 0.6 is 11.8 Å². The van der Waals surface area contributed by atoms with E-state index in [1.54, 1.807) is 16.7 Å². The minimum atomic E-state index is -0.699. The van der Waals surface area contributed by atoms with Crippen molar-refractivity contribution in [1.29, 1.82) is 0 Å². The van der Waals surface area contributed by atoms with Crippen molar-refractivity contribution in [3.8, 4) is 0 Å². The molecule has 8 nitrogen and oxygen atoms in total. The summed E-state index contributed by atoms with van der Waals surface area (Å²) in [6.07, 6.45) is 3.79. The minimum absolute atomic E-state index is 0.0338. The number of anilines is 1. The number of amides is 4. The summed E-state index contributed by atoms with van der Waals surface area (Å²) in [4.78, 5) is 50.1. The number of nitrogens with one attached hydrogen (secondary N) is 2. The molecule has 0 aromatic heterocycles. The van der Waals surface area contributed by atoms with E-state index >= 15 is 0 Å². The Morgan fingerprint density at radius 3 is 2.78 bits per heavy atom. The number of benzene rings is 1. The first kappa shape index (κ1) is 19.2. The van der Waals surface area contributed by atoms with Gasteiger partial charge in [0.15, 0.2) is 6.61 Å². The molecule has 0 radical (unpaired) electrons. The fraction of sp³-hybridized carbons (Fsp3) is 0.444. The second-order valence-electron chi connectivity index (χ2n) is 6.51. The summed E-state index contributed by atoms with van der Waals surface area (Å²) in [5, 5.41) is 4.71. The second kappa shape index (κ2) is 8.43. The highest BCUT2D eigenvalue weighted by Gasteiger charge is 2.36. The lowest BCUT2D eigenvalue weighted by Gasteiger charge is -2.17. The van der Waals surface area contributed by atoms with Crippen LogP contribution in [0, 0.1) is 5.92 Å². The van der Waals surface area contributed by atoms with Gasteiger partial charge in [0, 0.05) is 29.6 Å². The first-order valence-electron chi connectivity index (χ1n) is 8.67. The van der Waals surface area contributed by atoms with E-state index in [4.69, 9.17) is 4.74 Å². The molecule has 1 saturated heterocycles. The van der Waals surface area contributed by atoms with Crippen molar-refractivity contribution >= 4 is 41.3 Å². The van der Waals surface area contributed by atoms with Gasteiger partial charge in [-0.3, -0.25) is 19.7 Å². The molecule has 27 heavy (non-hydrogen) atoms. The third-order valence-corrected chi connectivity index (χ3v) is 5.06. The summed E-state index contributed by atoms with van der Waals surface area (Å²) < 4.78 is 4.97. The maximum Gasteiger partial charge on any atom is 0.321 e. The molecule has 1 aliphatic carbocycles. The number of carbonyl (C=O) groups excluding carboxylic acids is 4. The smallest absolute Gasteiger partial charge is 0.321 e. The fourth-order valence-electron chi connectivity index (χ4n) is 2.76. The molecule has 9 heteroatoms. The third-order valence-electron chi connectivity index (χ3n) is 4.33. The van der Waals surface area contributed by atoms with Crippen molar-refractivity contribution in [2.75, 3.05) is 24.3 Å². The summed E-state index contributed by atoms with van der Waals surface area (Å²) in [6, 6.07) is 7.05. The Labute approximate surface area is 161 Å². The standard InChI is InChI=1S/C18H21N3O5S/c1-27-14-4-2-3-13(8-14)21-9-11(7-16(21)23)17(24)26-10-15(22)20-18(25)19-12-5-6-12/h2-4,8,11-12H,5-7,9-10H2,1H3,(H2,19,20,22,25)/t11-/m0/s1. The van der Waals surface area contributed by atoms with Crippen molar-refractivity contribution in [3.05, 3.63) is 24.3 Å². The van der Waals surface area contributed by atoms with E-state index in [1.165, 1.54) is 0 Å². The van der Waals surface area contributed by atoms with Crippen molar-refractivity contribution < 1.29 is 23.9 Å². The highest BCUT2D eigenvalue weighted by molar-refractivity contribution is 7.98. The Morgan fingerprint density at radius 2 is 2.07 bits per heavy atom. The Bertz CT molecular complexity index is 765. The van der Waals surface area contributed by atoms with Crippen molar-refractivity contribution in [2.24, 2.45) is 5.92 Å². The van der Waals surface area contributed by atoms with Crippen LogP contribution in [-0.4, -0.2) is 49.3 Å². The van der Waals surface area contributed by atoms with E-state index in [2.05, 4.69) is 10.6 Å². The van der Waals surface area contributed by atoms with Gasteiger partial charge < -0.3 is 15.0 Å². The zero-order valence-electron chi connectivity index (χ0n) is 14.9. The largest absolute Gasteiger partial charge is 0.455 e. The van der Waals surface area contributed by atoms with Crippen LogP contribution in [0.4, 0.5) is 10.5 Å². The molecule has 2 aliphatic rings. The van der Waals surface area contributed by atoms with E-state index in [1.807, 2.05) is 30.5 Å². The van der Waals surface area contributed by atoms with E-state index in [-0.39, 0.29) is 24.9 Å². The third kappa shape index (κ3) is 5.22. The lowest BCUT2D eigenvalue weighted by atomic mass is 10.1. The van der Waals surface area contributed by atoms with Crippen LogP contribution in [0.25, 0.3) is 0 Å². The lowest BCUT2D eigenvalue weighted by molar-refractivity contribution is -0.152. The summed E-state index contributed by atoms with van der Waals surface area (Å²) in [5.74, 6) is -2.12. The first-order chi connectivity index (χ1) is 13.0. The average Bonchev–Trinajstić information content (AvgIpc) is 3.37. The minimum Gasteiger partial charge on any atom is -0.455 e. The Hall–Kier alpha value is -2.55. The van der Waals surface area contributed by atoms with E-state index in [0.29, 0.717) is 0 Å². The molecular formula is C18H21N3O5S. The Morgan fingerprint density at radius 1 is 1.30 bits per heavy atom. The normalized spacial score (nSPS) is 18.9. The zero-order valence-corrected chi connectivity index (χ0v) is 15.7. The molecule has 0 spiro atoms. The number of carbonyl (C=O) groups is 4. The van der Waals surface area contributed by atoms with Crippen molar-refractivity contribution in [3.63, 3.8) is 0 Å². The van der Waals surface area contributed by atoms with Gasteiger partial charge in [0.2, 0.25) is 5.91 Å². The van der Waals surface area contributed by atoms with Gasteiger partial charge in [-0.1, -0.05) is 6.07 Å². The van der Waals surface area contributed by atoms with Gasteiger partial charge >= 0.3 is 12.0 Å². The van der Waals surface area contributed by atoms with Gasteiger partial charge in [-0.25, -0.2) is 4.79 Å². The van der Waals surface area contributed by atoms with Crippen molar-refractivity contribution in [2.45, 2.75) is 30.2 Å². The zero-order chi connectivity index (χ0) is 19.4. The molecular weight excluding hydrogens is 370 g/mol. The number of thioether (sulfide) groups is 1. The fourth-order valence-corrected chi connectivity index (χ4v) is 3.21. The number of hydrogen-bond acceptors (Lipinski definition) is 6. The first-order valence-corrected chi connectivity index (χ1v) is 9.90. The number of imide groups is 1. The van der Waals surface area contributed by atoms with Gasteiger partial charge in [-0.15, -0.1) is 11.8 Å². The van der Waals surface area contributed by atoms with Gasteiger partial charge in [0.1, 0.15) is 0 Å². The summed E-state index contributed by atoms with van der Waals surface area (Å²) in [5.41, 5.74) is 0.733. The number of ether oxygens (including phenoxy) is 1. The van der Waals surface area contributed by atoms with Gasteiger partial charge in [0.05, 0.1) is 5.92 Å². The predicted molar refractivity (Wildman–Crippen MR) is 99.3 cm³/mol. The predicted octanol–water partition coefficient (Wildman–Crippen LogP) is 1.29. The monoisotopic (exact) mass is 391 g/mol. The Balaban J connectivity index is 1.48. The Kier molecular flexibility index (Phi) is 6.00. The van der Waals surface area contributed by atoms with E-state index < -0.39 is 30.4 Å². The quantitative estimate of drug-likeness (QED) is 0.559. The summed E-state index contributed by atoms with van der Waals surface area (Å²) in [6.45, 7) is -0.344. The van der Waals surface area contributed by atoms with Gasteiger partial charge in [0.25, 0.3) is 5.91 Å². The van der Waals surface area contributed by atoms with Crippen LogP contribution < -0.4 is 15.5 Å². The molecule has 3 rings (SSSR count). The number of hydrogen-bond donors (Lipinski definition) is 2. The van der Waals surface area contributed by atoms with Crippen molar-refractivity contribution in [1.82, 2.24) is 10.6 Å². The molecule has 1 aromatic carbocycles. The number of rotatable bonds is 6. The van der Waals surface area contributed by atoms with Gasteiger partial charge in [-0.2, -0.15) is 0 Å². The topological polar surface area (TPSA) is 105 Å². The van der Waals surface area contributed by atoms with E-state index in [0.717, 1.165) is 23.4 Å². The number of urea groups is 1. The molecule has 1 aliphatic heterocycles. The highest BCUT2D eigenvalue weighted by Crippen LogP contribution is 2.28. The second-order valence-corrected chi connectivity index (χ2v) is 7.39. The molecule has 1 saturated carbocycles. The maximum absolute atomic E-state index is 12.3. The molecule has 1 atom stereocenters. The maximum atomic E-state index is 12.3. The van der Waals surface area contributed by atoms with Crippen LogP contribution in [0.2, 0.25) is 0 Å². The molecule has 2 fully saturated rings. The summed E-state index contributed by atoms with van der Waals surface area (Å²) >= 11 is 1.57. The number of nitrogens with zero attached hydrogens (tertiary/aromatic N) is 1. The molecule has 144 valence electrons. The molecule has 1 aromatic rings.